The fourth-order valence-electron chi connectivity index (χ4n) is 3.59. The van der Waals surface area contributed by atoms with E-state index in [2.05, 4.69) is 20.4 Å². The minimum absolute atomic E-state index is 0.0797. The van der Waals surface area contributed by atoms with Gasteiger partial charge in [-0.15, -0.1) is 0 Å². The summed E-state index contributed by atoms with van der Waals surface area (Å²) in [6, 6.07) is 5.61. The van der Waals surface area contributed by atoms with Crippen LogP contribution in [-0.4, -0.2) is 37.3 Å². The number of hydrogen-bond acceptors (Lipinski definition) is 8. The molecule has 2 aromatic heterocycles. The highest BCUT2D eigenvalue weighted by atomic mass is 19.1. The van der Waals surface area contributed by atoms with E-state index in [0.717, 1.165) is 0 Å². The van der Waals surface area contributed by atoms with Crippen LogP contribution in [0.4, 0.5) is 10.3 Å². The minimum Gasteiger partial charge on any atom is -0.501 e. The van der Waals surface area contributed by atoms with Crippen LogP contribution < -0.4 is 15.8 Å². The summed E-state index contributed by atoms with van der Waals surface area (Å²) in [5.41, 5.74) is -1.29. The summed E-state index contributed by atoms with van der Waals surface area (Å²) < 4.78 is 19.5. The quantitative estimate of drug-likeness (QED) is 0.640. The van der Waals surface area contributed by atoms with E-state index in [1.165, 1.54) is 28.8 Å². The largest absolute Gasteiger partial charge is 0.501 e. The van der Waals surface area contributed by atoms with Gasteiger partial charge in [0.2, 0.25) is 11.6 Å². The van der Waals surface area contributed by atoms with Crippen molar-refractivity contribution in [1.29, 1.82) is 0 Å². The van der Waals surface area contributed by atoms with Crippen molar-refractivity contribution >= 4 is 11.9 Å². The van der Waals surface area contributed by atoms with Crippen molar-refractivity contribution in [3.05, 3.63) is 63.4 Å². The Morgan fingerprint density at radius 1 is 1.26 bits per heavy atom. The van der Waals surface area contributed by atoms with E-state index in [4.69, 9.17) is 4.52 Å². The third-order valence-electron chi connectivity index (χ3n) is 5.25. The fourth-order valence-corrected chi connectivity index (χ4v) is 3.59. The lowest BCUT2D eigenvalue weighted by Gasteiger charge is -2.42. The van der Waals surface area contributed by atoms with Gasteiger partial charge in [-0.2, -0.15) is 4.98 Å². The number of aryl methyl sites for hydroxylation is 1. The average Bonchev–Trinajstić information content (AvgIpc) is 3.15. The van der Waals surface area contributed by atoms with E-state index in [1.54, 1.807) is 6.92 Å². The molecule has 0 radical (unpaired) electrons. The average molecular weight is 428 g/mol. The van der Waals surface area contributed by atoms with Gasteiger partial charge in [0.15, 0.2) is 5.69 Å². The molecule has 3 aromatic rings. The Bertz CT molecular complexity index is 1200. The highest BCUT2D eigenvalue weighted by molar-refractivity contribution is 5.94. The van der Waals surface area contributed by atoms with Crippen LogP contribution in [0.1, 0.15) is 41.6 Å². The van der Waals surface area contributed by atoms with Crippen molar-refractivity contribution in [3.8, 4) is 5.75 Å². The molecule has 1 aromatic carbocycles. The van der Waals surface area contributed by atoms with E-state index < -0.39 is 22.8 Å². The zero-order chi connectivity index (χ0) is 22.3. The third kappa shape index (κ3) is 3.62. The minimum atomic E-state index is -0.868. The summed E-state index contributed by atoms with van der Waals surface area (Å²) in [7, 11) is 0. The number of amides is 1. The van der Waals surface area contributed by atoms with Crippen molar-refractivity contribution in [3.63, 3.8) is 0 Å². The molecule has 1 aliphatic rings. The molecular formula is C20H21FN6O4. The number of anilines is 1. The van der Waals surface area contributed by atoms with Crippen LogP contribution in [0.15, 0.2) is 33.6 Å². The van der Waals surface area contributed by atoms with Crippen LogP contribution in [0.3, 0.4) is 0 Å². The first-order valence-corrected chi connectivity index (χ1v) is 9.63. The van der Waals surface area contributed by atoms with Crippen LogP contribution in [0.2, 0.25) is 0 Å². The zero-order valence-electron chi connectivity index (χ0n) is 17.2. The number of nitrogens with one attached hydrogen (secondary N) is 1. The number of carbonyl (C=O) groups is 1. The summed E-state index contributed by atoms with van der Waals surface area (Å²) >= 11 is 0. The number of fused-ring (bicyclic) bond motifs is 1. The monoisotopic (exact) mass is 428 g/mol. The van der Waals surface area contributed by atoms with Crippen molar-refractivity contribution in [2.45, 2.75) is 39.4 Å². The van der Waals surface area contributed by atoms with Gasteiger partial charge in [-0.05, 0) is 36.7 Å². The Balaban J connectivity index is 1.67. The second kappa shape index (κ2) is 7.49. The van der Waals surface area contributed by atoms with E-state index in [-0.39, 0.29) is 30.4 Å². The topological polar surface area (TPSA) is 126 Å². The maximum atomic E-state index is 13.1. The molecule has 31 heavy (non-hydrogen) atoms. The second-order valence-corrected chi connectivity index (χ2v) is 7.72. The fraction of sp³-hybridized carbons (Fsp3) is 0.350. The molecule has 10 nitrogen and oxygen atoms in total. The van der Waals surface area contributed by atoms with Gasteiger partial charge in [-0.25, -0.2) is 9.37 Å². The molecule has 4 rings (SSSR count). The second-order valence-electron chi connectivity index (χ2n) is 7.72. The van der Waals surface area contributed by atoms with Gasteiger partial charge in [-0.1, -0.05) is 12.1 Å². The summed E-state index contributed by atoms with van der Waals surface area (Å²) in [6.45, 7) is 5.99. The van der Waals surface area contributed by atoms with Crippen molar-refractivity contribution < 1.29 is 18.8 Å². The van der Waals surface area contributed by atoms with Gasteiger partial charge in [0.1, 0.15) is 11.6 Å². The lowest BCUT2D eigenvalue weighted by atomic mass is 9.98. The van der Waals surface area contributed by atoms with Gasteiger partial charge >= 0.3 is 0 Å². The number of hydrogen-bond donors (Lipinski definition) is 2. The number of aromatic nitrogens is 4. The maximum absolute atomic E-state index is 13.1. The van der Waals surface area contributed by atoms with Gasteiger partial charge in [0.25, 0.3) is 17.4 Å². The van der Waals surface area contributed by atoms with E-state index in [0.29, 0.717) is 23.9 Å². The summed E-state index contributed by atoms with van der Waals surface area (Å²) in [5, 5.41) is 16.9. The van der Waals surface area contributed by atoms with Crippen molar-refractivity contribution in [2.75, 3.05) is 11.4 Å². The van der Waals surface area contributed by atoms with E-state index in [9.17, 15) is 19.1 Å². The predicted octanol–water partition coefficient (Wildman–Crippen LogP) is 1.46. The number of benzene rings is 1. The highest BCUT2D eigenvalue weighted by Crippen LogP contribution is 2.33. The van der Waals surface area contributed by atoms with Crippen molar-refractivity contribution in [1.82, 2.24) is 25.0 Å². The smallest absolute Gasteiger partial charge is 0.296 e. The van der Waals surface area contributed by atoms with Crippen LogP contribution >= 0.6 is 0 Å². The molecule has 0 bridgehead atoms. The third-order valence-corrected chi connectivity index (χ3v) is 5.25. The lowest BCUT2D eigenvalue weighted by molar-refractivity contribution is 0.0941. The molecule has 0 fully saturated rings. The summed E-state index contributed by atoms with van der Waals surface area (Å²) in [5.74, 6) is -0.797. The van der Waals surface area contributed by atoms with Crippen LogP contribution in [0.25, 0.3) is 0 Å². The molecule has 0 atom stereocenters. The van der Waals surface area contributed by atoms with Gasteiger partial charge in [-0.3, -0.25) is 14.2 Å². The molecule has 0 aliphatic carbocycles. The molecule has 1 aliphatic heterocycles. The van der Waals surface area contributed by atoms with Crippen molar-refractivity contribution in [2.24, 2.45) is 0 Å². The number of rotatable bonds is 4. The normalized spacial score (nSPS) is 14.9. The first-order chi connectivity index (χ1) is 14.7. The molecule has 162 valence electrons. The Kier molecular flexibility index (Phi) is 4.96. The first kappa shape index (κ1) is 20.5. The molecule has 0 saturated heterocycles. The van der Waals surface area contributed by atoms with Gasteiger partial charge in [0, 0.05) is 26.6 Å². The standard InChI is InChI=1S/C20H21FN6O4/c1-11-23-19(25-31-11)27-9-8-26-17(30)15(28)14(24-18(26)20(27,2)3)16(29)22-10-12-4-6-13(21)7-5-12/h4-7,28H,8-10H2,1-3H3,(H,22,29). The SMILES string of the molecule is Cc1nc(N2CCn3c(nc(C(=O)NCc4ccc(F)cc4)c(O)c3=O)C2(C)C)no1. The Labute approximate surface area is 176 Å². The molecule has 1 amide bonds. The number of carbonyl (C=O) groups excluding carboxylic acids is 1. The molecule has 0 unspecified atom stereocenters. The molecule has 0 spiro atoms. The lowest BCUT2D eigenvalue weighted by Crippen LogP contribution is -2.53. The number of halogens is 1. The molecule has 3 heterocycles. The van der Waals surface area contributed by atoms with Crippen LogP contribution in [0.5, 0.6) is 5.75 Å². The predicted molar refractivity (Wildman–Crippen MR) is 107 cm³/mol. The maximum Gasteiger partial charge on any atom is 0.296 e. The number of aromatic hydroxyl groups is 1. The Morgan fingerprint density at radius 3 is 2.61 bits per heavy atom. The van der Waals surface area contributed by atoms with Crippen LogP contribution in [0, 0.1) is 12.7 Å². The van der Waals surface area contributed by atoms with E-state index >= 15 is 0 Å². The summed E-state index contributed by atoms with van der Waals surface area (Å²) in [6.07, 6.45) is 0. The molecule has 2 N–H and O–H groups in total. The Morgan fingerprint density at radius 2 is 1.97 bits per heavy atom. The van der Waals surface area contributed by atoms with Gasteiger partial charge in [0.05, 0.1) is 5.54 Å². The zero-order valence-corrected chi connectivity index (χ0v) is 17.2. The Hall–Kier alpha value is -3.76. The van der Waals surface area contributed by atoms with Crippen LogP contribution in [-0.2, 0) is 18.6 Å². The van der Waals surface area contributed by atoms with E-state index in [1.807, 2.05) is 18.7 Å². The molecule has 0 saturated carbocycles. The highest BCUT2D eigenvalue weighted by Gasteiger charge is 2.40. The van der Waals surface area contributed by atoms with Gasteiger partial charge < -0.3 is 19.8 Å². The first-order valence-electron chi connectivity index (χ1n) is 9.63. The molecule has 11 heteroatoms. The summed E-state index contributed by atoms with van der Waals surface area (Å²) in [4.78, 5) is 35.9. The number of nitrogens with zero attached hydrogens (tertiary/aromatic N) is 5. The molecular weight excluding hydrogens is 407 g/mol.